The summed E-state index contributed by atoms with van der Waals surface area (Å²) in [6.45, 7) is 4.91. The molecule has 0 spiro atoms. The van der Waals surface area contributed by atoms with Gasteiger partial charge in [-0.25, -0.2) is 0 Å². The Morgan fingerprint density at radius 1 is 0.453 bits per heavy atom. The third-order valence-electron chi connectivity index (χ3n) is 11.2. The number of hydrogen-bond acceptors (Lipinski definition) is 5. The first-order chi connectivity index (χ1) is 26.0. The molecule has 0 aromatic heterocycles. The molecule has 0 aromatic rings. The summed E-state index contributed by atoms with van der Waals surface area (Å²) in [4.78, 5) is 24.4. The van der Waals surface area contributed by atoms with Gasteiger partial charge < -0.3 is 20.3 Å². The zero-order valence-corrected chi connectivity index (χ0v) is 35.8. The molecule has 0 aliphatic rings. The smallest absolute Gasteiger partial charge is 0.305 e. The van der Waals surface area contributed by atoms with Crippen LogP contribution in [0.15, 0.2) is 0 Å². The number of carbonyl (C=O) groups is 2. The van der Waals surface area contributed by atoms with Crippen molar-refractivity contribution in [2.75, 3.05) is 13.2 Å². The molecule has 0 aliphatic carbocycles. The maximum atomic E-state index is 12.4. The van der Waals surface area contributed by atoms with Gasteiger partial charge in [0.05, 0.1) is 25.4 Å². The number of nitrogens with one attached hydrogen (secondary N) is 1. The highest BCUT2D eigenvalue weighted by Gasteiger charge is 2.20. The number of amides is 1. The van der Waals surface area contributed by atoms with Crippen LogP contribution < -0.4 is 5.32 Å². The van der Waals surface area contributed by atoms with Gasteiger partial charge in [0.2, 0.25) is 5.91 Å². The quantitative estimate of drug-likeness (QED) is 0.0425. The first-order valence-corrected chi connectivity index (χ1v) is 23.8. The minimum Gasteiger partial charge on any atom is -0.466 e. The largest absolute Gasteiger partial charge is 0.466 e. The predicted molar refractivity (Wildman–Crippen MR) is 227 cm³/mol. The summed E-state index contributed by atoms with van der Waals surface area (Å²) >= 11 is 0. The molecule has 2 unspecified atom stereocenters. The molecule has 6 heteroatoms. The highest BCUT2D eigenvalue weighted by molar-refractivity contribution is 5.76. The highest BCUT2D eigenvalue weighted by atomic mass is 16.5. The van der Waals surface area contributed by atoms with Gasteiger partial charge in [0.15, 0.2) is 0 Å². The van der Waals surface area contributed by atoms with Crippen LogP contribution >= 0.6 is 0 Å². The average Bonchev–Trinajstić information content (AvgIpc) is 3.16. The fourth-order valence-electron chi connectivity index (χ4n) is 7.46. The molecular weight excluding hydrogens is 659 g/mol. The van der Waals surface area contributed by atoms with E-state index in [1.807, 2.05) is 0 Å². The molecule has 53 heavy (non-hydrogen) atoms. The van der Waals surface area contributed by atoms with Crippen molar-refractivity contribution in [1.29, 1.82) is 0 Å². The van der Waals surface area contributed by atoms with Crippen LogP contribution in [0.5, 0.6) is 0 Å². The fraction of sp³-hybridized carbons (Fsp3) is 0.957. The predicted octanol–water partition coefficient (Wildman–Crippen LogP) is 13.6. The molecule has 0 saturated carbocycles. The normalized spacial score (nSPS) is 12.6. The number of ether oxygens (including phenoxy) is 1. The first-order valence-electron chi connectivity index (χ1n) is 23.8. The van der Waals surface area contributed by atoms with Crippen LogP contribution in [0.3, 0.4) is 0 Å². The van der Waals surface area contributed by atoms with Crippen LogP contribution in [0.4, 0.5) is 0 Å². The van der Waals surface area contributed by atoms with Crippen LogP contribution in [0.2, 0.25) is 0 Å². The van der Waals surface area contributed by atoms with Gasteiger partial charge in [-0.2, -0.15) is 0 Å². The molecule has 0 radical (unpaired) electrons. The number of unbranched alkanes of at least 4 members (excludes halogenated alkanes) is 33. The monoisotopic (exact) mass is 752 g/mol. The maximum Gasteiger partial charge on any atom is 0.305 e. The number of hydrogen-bond donors (Lipinski definition) is 3. The number of aliphatic hydroxyl groups is 2. The van der Waals surface area contributed by atoms with Gasteiger partial charge in [-0.1, -0.05) is 226 Å². The summed E-state index contributed by atoms with van der Waals surface area (Å²) < 4.78 is 5.44. The lowest BCUT2D eigenvalue weighted by molar-refractivity contribution is -0.143. The summed E-state index contributed by atoms with van der Waals surface area (Å²) in [5, 5.41) is 23.1. The van der Waals surface area contributed by atoms with Crippen molar-refractivity contribution < 1.29 is 24.5 Å². The lowest BCUT2D eigenvalue weighted by Crippen LogP contribution is -2.45. The van der Waals surface area contributed by atoms with Gasteiger partial charge in [0.25, 0.3) is 0 Å². The molecule has 0 rings (SSSR count). The lowest BCUT2D eigenvalue weighted by atomic mass is 10.0. The van der Waals surface area contributed by atoms with Crippen LogP contribution in [0.1, 0.15) is 264 Å². The van der Waals surface area contributed by atoms with E-state index >= 15 is 0 Å². The molecule has 0 fully saturated rings. The van der Waals surface area contributed by atoms with E-state index in [1.54, 1.807) is 0 Å². The Morgan fingerprint density at radius 2 is 0.774 bits per heavy atom. The second-order valence-electron chi connectivity index (χ2n) is 16.5. The number of carbonyl (C=O) groups excluding carboxylic acids is 2. The SMILES string of the molecule is CCCCCCCCCCCCCCCC(O)C(CO)NC(=O)CCCCCCCCCCCCCCOC(=O)CCCCCCCCCCCCC. The zero-order valence-electron chi connectivity index (χ0n) is 35.8. The van der Waals surface area contributed by atoms with E-state index in [0.717, 1.165) is 57.8 Å². The minimum atomic E-state index is -0.671. The van der Waals surface area contributed by atoms with Crippen molar-refractivity contribution >= 4 is 11.9 Å². The van der Waals surface area contributed by atoms with Gasteiger partial charge >= 0.3 is 5.97 Å². The Morgan fingerprint density at radius 3 is 1.15 bits per heavy atom. The van der Waals surface area contributed by atoms with Crippen molar-refractivity contribution in [3.8, 4) is 0 Å². The van der Waals surface area contributed by atoms with E-state index in [0.29, 0.717) is 25.9 Å². The molecule has 6 nitrogen and oxygen atoms in total. The van der Waals surface area contributed by atoms with Gasteiger partial charge in [0, 0.05) is 12.8 Å². The Kier molecular flexibility index (Phi) is 42.6. The van der Waals surface area contributed by atoms with E-state index < -0.39 is 12.1 Å². The van der Waals surface area contributed by atoms with Gasteiger partial charge in [0.1, 0.15) is 0 Å². The van der Waals surface area contributed by atoms with E-state index in [-0.39, 0.29) is 18.5 Å². The Balaban J connectivity index is 3.46. The molecule has 0 aromatic carbocycles. The van der Waals surface area contributed by atoms with E-state index in [1.165, 1.54) is 173 Å². The van der Waals surface area contributed by atoms with Crippen molar-refractivity contribution in [2.24, 2.45) is 0 Å². The van der Waals surface area contributed by atoms with Gasteiger partial charge in [-0.3, -0.25) is 9.59 Å². The summed E-state index contributed by atoms with van der Waals surface area (Å²) in [7, 11) is 0. The summed E-state index contributed by atoms with van der Waals surface area (Å²) in [6.07, 6.45) is 46.2. The summed E-state index contributed by atoms with van der Waals surface area (Å²) in [6, 6.07) is -0.550. The van der Waals surface area contributed by atoms with Gasteiger partial charge in [-0.05, 0) is 25.7 Å². The van der Waals surface area contributed by atoms with Crippen molar-refractivity contribution in [3.63, 3.8) is 0 Å². The zero-order chi connectivity index (χ0) is 38.7. The topological polar surface area (TPSA) is 95.9 Å². The van der Waals surface area contributed by atoms with Crippen molar-refractivity contribution in [1.82, 2.24) is 5.32 Å². The van der Waals surface area contributed by atoms with Crippen LogP contribution in [-0.4, -0.2) is 47.4 Å². The van der Waals surface area contributed by atoms with Crippen molar-refractivity contribution in [3.05, 3.63) is 0 Å². The lowest BCUT2D eigenvalue weighted by Gasteiger charge is -2.22. The van der Waals surface area contributed by atoms with E-state index in [9.17, 15) is 19.8 Å². The summed E-state index contributed by atoms with van der Waals surface area (Å²) in [5.74, 6) is -0.0591. The molecule has 0 saturated heterocycles. The number of aliphatic hydroxyl groups excluding tert-OH is 2. The fourth-order valence-corrected chi connectivity index (χ4v) is 7.46. The Labute approximate surface area is 330 Å². The second-order valence-corrected chi connectivity index (χ2v) is 16.5. The molecule has 2 atom stereocenters. The molecule has 0 bridgehead atoms. The van der Waals surface area contributed by atoms with Crippen LogP contribution in [0, 0.1) is 0 Å². The molecule has 316 valence electrons. The Hall–Kier alpha value is -1.14. The number of esters is 1. The molecule has 0 aliphatic heterocycles. The average molecular weight is 752 g/mol. The molecular formula is C47H93NO5. The third-order valence-corrected chi connectivity index (χ3v) is 11.2. The van der Waals surface area contributed by atoms with Crippen LogP contribution in [0.25, 0.3) is 0 Å². The second kappa shape index (κ2) is 43.6. The standard InChI is InChI=1S/C47H93NO5/c1-3-5-7-9-11-13-15-16-20-23-27-31-35-39-45(50)44(43-49)48-46(51)40-36-32-28-24-21-17-18-22-26-30-34-38-42-53-47(52)41-37-33-29-25-19-14-12-10-8-6-4-2/h44-45,49-50H,3-43H2,1-2H3,(H,48,51). The third kappa shape index (κ3) is 40.3. The minimum absolute atomic E-state index is 0.00931. The van der Waals surface area contributed by atoms with E-state index in [4.69, 9.17) is 4.74 Å². The Bertz CT molecular complexity index is 746. The molecule has 0 heterocycles. The number of rotatable bonds is 44. The van der Waals surface area contributed by atoms with Crippen molar-refractivity contribution in [2.45, 2.75) is 276 Å². The molecule has 3 N–H and O–H groups in total. The van der Waals surface area contributed by atoms with E-state index in [2.05, 4.69) is 19.2 Å². The van der Waals surface area contributed by atoms with Crippen LogP contribution in [-0.2, 0) is 14.3 Å². The first kappa shape index (κ1) is 51.9. The molecule has 1 amide bonds. The highest BCUT2D eigenvalue weighted by Crippen LogP contribution is 2.16. The maximum absolute atomic E-state index is 12.4. The van der Waals surface area contributed by atoms with Gasteiger partial charge in [-0.15, -0.1) is 0 Å². The summed E-state index contributed by atoms with van der Waals surface area (Å²) in [5.41, 5.74) is 0.